The Kier molecular flexibility index (Phi) is 8.52. The second-order valence-electron chi connectivity index (χ2n) is 7.81. The summed E-state index contributed by atoms with van der Waals surface area (Å²) in [5.41, 5.74) is 0.775. The Labute approximate surface area is 161 Å². The third kappa shape index (κ3) is 6.18. The second kappa shape index (κ2) is 10.6. The van der Waals surface area contributed by atoms with Crippen LogP contribution in [0.4, 0.5) is 8.78 Å². The fraction of sp³-hybridized carbons (Fsp3) is 0.682. The first-order valence-electron chi connectivity index (χ1n) is 10.1. The highest BCUT2D eigenvalue weighted by atomic mass is 19.3. The van der Waals surface area contributed by atoms with Crippen LogP contribution in [0.5, 0.6) is 5.75 Å². The number of hydrogen-bond donors (Lipinski definition) is 0. The van der Waals surface area contributed by atoms with Crippen molar-refractivity contribution in [2.75, 3.05) is 13.2 Å². The molecule has 0 radical (unpaired) electrons. The van der Waals surface area contributed by atoms with Crippen LogP contribution in [-0.2, 0) is 9.53 Å². The largest absolute Gasteiger partial charge is 0.493 e. The van der Waals surface area contributed by atoms with Crippen LogP contribution in [0.25, 0.3) is 0 Å². The summed E-state index contributed by atoms with van der Waals surface area (Å²) in [7, 11) is 0. The molecule has 2 unspecified atom stereocenters. The molecular weight excluding hydrogens is 350 g/mol. The first-order chi connectivity index (χ1) is 12.9. The molecule has 0 heterocycles. The zero-order valence-electron chi connectivity index (χ0n) is 16.6. The molecule has 0 spiro atoms. The van der Waals surface area contributed by atoms with Crippen LogP contribution in [-0.4, -0.2) is 25.6 Å². The maximum Gasteiger partial charge on any atom is 0.315 e. The van der Waals surface area contributed by atoms with Gasteiger partial charge in [-0.2, -0.15) is 0 Å². The van der Waals surface area contributed by atoms with Gasteiger partial charge in [-0.3, -0.25) is 4.79 Å². The summed E-state index contributed by atoms with van der Waals surface area (Å²) in [5.74, 6) is -1.53. The van der Waals surface area contributed by atoms with Crippen LogP contribution < -0.4 is 4.74 Å². The van der Waals surface area contributed by atoms with Crippen molar-refractivity contribution in [3.63, 3.8) is 0 Å². The monoisotopic (exact) mass is 382 g/mol. The molecule has 1 aromatic carbocycles. The molecule has 0 saturated heterocycles. The van der Waals surface area contributed by atoms with Crippen molar-refractivity contribution < 1.29 is 23.0 Å². The Morgan fingerprint density at radius 3 is 2.26 bits per heavy atom. The molecular formula is C22H32F2O3. The molecule has 0 bridgehead atoms. The molecule has 0 aromatic heterocycles. The standard InChI is InChI=1S/C22H32F2O3/c1-4-26-22(25)20(21(23)24)19(16-8-6-5-7-9-16)17-10-12-18(13-11-17)27-14-15(2)3/h10-13,15-16,19-21H,4-9,14H2,1-3H3. The first-order valence-corrected chi connectivity index (χ1v) is 10.1. The molecule has 1 saturated carbocycles. The fourth-order valence-electron chi connectivity index (χ4n) is 3.96. The van der Waals surface area contributed by atoms with E-state index in [1.54, 1.807) is 6.92 Å². The molecule has 5 heteroatoms. The molecule has 1 aliphatic rings. The summed E-state index contributed by atoms with van der Waals surface area (Å²) in [6.07, 6.45) is 2.18. The molecule has 27 heavy (non-hydrogen) atoms. The molecule has 3 nitrogen and oxygen atoms in total. The van der Waals surface area contributed by atoms with Crippen LogP contribution in [0, 0.1) is 17.8 Å². The fourth-order valence-corrected chi connectivity index (χ4v) is 3.96. The molecule has 1 aliphatic carbocycles. The van der Waals surface area contributed by atoms with E-state index >= 15 is 0 Å². The van der Waals surface area contributed by atoms with Crippen molar-refractivity contribution in [3.05, 3.63) is 29.8 Å². The normalized spacial score (nSPS) is 17.7. The number of ether oxygens (including phenoxy) is 2. The molecule has 1 fully saturated rings. The lowest BCUT2D eigenvalue weighted by molar-refractivity contribution is -0.156. The van der Waals surface area contributed by atoms with Gasteiger partial charge < -0.3 is 9.47 Å². The number of esters is 1. The molecule has 2 atom stereocenters. The van der Waals surface area contributed by atoms with E-state index in [4.69, 9.17) is 9.47 Å². The van der Waals surface area contributed by atoms with Crippen LogP contribution in [0.2, 0.25) is 0 Å². The minimum Gasteiger partial charge on any atom is -0.493 e. The van der Waals surface area contributed by atoms with Gasteiger partial charge in [-0.25, -0.2) is 8.78 Å². The highest BCUT2D eigenvalue weighted by Crippen LogP contribution is 2.43. The Bertz CT molecular complexity index is 565. The SMILES string of the molecule is CCOC(=O)C(C(F)F)C(c1ccc(OCC(C)C)cc1)C1CCCCC1. The maximum atomic E-state index is 13.9. The van der Waals surface area contributed by atoms with E-state index in [0.29, 0.717) is 12.5 Å². The van der Waals surface area contributed by atoms with Gasteiger partial charge in [0, 0.05) is 5.92 Å². The second-order valence-corrected chi connectivity index (χ2v) is 7.81. The summed E-state index contributed by atoms with van der Waals surface area (Å²) < 4.78 is 38.6. The van der Waals surface area contributed by atoms with Crippen molar-refractivity contribution in [3.8, 4) is 5.75 Å². The van der Waals surface area contributed by atoms with Gasteiger partial charge in [-0.05, 0) is 49.3 Å². The number of carbonyl (C=O) groups is 1. The topological polar surface area (TPSA) is 35.5 Å². The number of hydrogen-bond acceptors (Lipinski definition) is 3. The Morgan fingerprint density at radius 1 is 1.11 bits per heavy atom. The zero-order chi connectivity index (χ0) is 19.8. The van der Waals surface area contributed by atoms with Gasteiger partial charge >= 0.3 is 5.97 Å². The van der Waals surface area contributed by atoms with E-state index in [0.717, 1.165) is 43.4 Å². The molecule has 1 aromatic rings. The predicted molar refractivity (Wildman–Crippen MR) is 102 cm³/mol. The number of alkyl halides is 2. The van der Waals surface area contributed by atoms with Crippen LogP contribution in [0.3, 0.4) is 0 Å². The van der Waals surface area contributed by atoms with E-state index in [2.05, 4.69) is 13.8 Å². The van der Waals surface area contributed by atoms with Crippen LogP contribution in [0.1, 0.15) is 64.4 Å². The molecule has 0 aliphatic heterocycles. The van der Waals surface area contributed by atoms with Crippen molar-refractivity contribution in [2.45, 2.75) is 65.2 Å². The smallest absolute Gasteiger partial charge is 0.315 e. The first kappa shape index (κ1) is 21.6. The van der Waals surface area contributed by atoms with Gasteiger partial charge in [0.1, 0.15) is 11.7 Å². The lowest BCUT2D eigenvalue weighted by atomic mass is 9.71. The number of halogens is 2. The van der Waals surface area contributed by atoms with E-state index in [1.165, 1.54) is 0 Å². The number of rotatable bonds is 9. The van der Waals surface area contributed by atoms with Gasteiger partial charge in [-0.15, -0.1) is 0 Å². The van der Waals surface area contributed by atoms with Crippen molar-refractivity contribution >= 4 is 5.97 Å². The minimum absolute atomic E-state index is 0.0737. The molecule has 0 amide bonds. The van der Waals surface area contributed by atoms with Gasteiger partial charge in [0.15, 0.2) is 0 Å². The van der Waals surface area contributed by atoms with E-state index in [9.17, 15) is 13.6 Å². The molecule has 152 valence electrons. The highest BCUT2D eigenvalue weighted by Gasteiger charge is 2.42. The minimum atomic E-state index is -2.74. The highest BCUT2D eigenvalue weighted by molar-refractivity contribution is 5.74. The molecule has 0 N–H and O–H groups in total. The Balaban J connectivity index is 2.29. The quantitative estimate of drug-likeness (QED) is 0.504. The number of benzene rings is 1. The van der Waals surface area contributed by atoms with E-state index in [1.807, 2.05) is 24.3 Å². The summed E-state index contributed by atoms with van der Waals surface area (Å²) in [6.45, 7) is 6.51. The van der Waals surface area contributed by atoms with E-state index < -0.39 is 24.2 Å². The summed E-state index contributed by atoms with van der Waals surface area (Å²) in [4.78, 5) is 12.4. The van der Waals surface area contributed by atoms with Gasteiger partial charge in [0.2, 0.25) is 0 Å². The van der Waals surface area contributed by atoms with Crippen molar-refractivity contribution in [2.24, 2.45) is 17.8 Å². The summed E-state index contributed by atoms with van der Waals surface area (Å²) in [6, 6.07) is 7.32. The van der Waals surface area contributed by atoms with Crippen LogP contribution in [0.15, 0.2) is 24.3 Å². The van der Waals surface area contributed by atoms with Gasteiger partial charge in [0.25, 0.3) is 6.43 Å². The zero-order valence-corrected chi connectivity index (χ0v) is 16.6. The summed E-state index contributed by atoms with van der Waals surface area (Å²) >= 11 is 0. The average Bonchev–Trinajstić information content (AvgIpc) is 2.65. The van der Waals surface area contributed by atoms with Crippen molar-refractivity contribution in [1.82, 2.24) is 0 Å². The Hall–Kier alpha value is -1.65. The number of carbonyl (C=O) groups excluding carboxylic acids is 1. The lowest BCUT2D eigenvalue weighted by Crippen LogP contribution is -2.35. The third-order valence-corrected chi connectivity index (χ3v) is 5.22. The molecule has 2 rings (SSSR count). The average molecular weight is 382 g/mol. The van der Waals surface area contributed by atoms with Gasteiger partial charge in [0.05, 0.1) is 13.2 Å². The summed E-state index contributed by atoms with van der Waals surface area (Å²) in [5, 5.41) is 0. The Morgan fingerprint density at radius 2 is 1.74 bits per heavy atom. The van der Waals surface area contributed by atoms with Gasteiger partial charge in [-0.1, -0.05) is 45.2 Å². The lowest BCUT2D eigenvalue weighted by Gasteiger charge is -2.35. The third-order valence-electron chi connectivity index (χ3n) is 5.22. The van der Waals surface area contributed by atoms with Crippen LogP contribution >= 0.6 is 0 Å². The predicted octanol–water partition coefficient (Wildman–Crippen LogP) is 5.83. The maximum absolute atomic E-state index is 13.9. The van der Waals surface area contributed by atoms with Crippen molar-refractivity contribution in [1.29, 1.82) is 0 Å². The van der Waals surface area contributed by atoms with E-state index in [-0.39, 0.29) is 12.5 Å².